The molecule has 1 amide bonds. The molecule has 104 valence electrons. The number of likely N-dealkylation sites (N-methyl/N-ethyl adjacent to an activating group) is 1. The molecule has 2 N–H and O–H groups in total. The molecule has 1 fully saturated rings. The highest BCUT2D eigenvalue weighted by Crippen LogP contribution is 2.23. The topological polar surface area (TPSA) is 49.6 Å². The first-order valence-corrected chi connectivity index (χ1v) is 6.87. The number of nitrogens with two attached hydrogens (primary N) is 1. The fourth-order valence-corrected chi connectivity index (χ4v) is 2.65. The molecule has 0 radical (unpaired) electrons. The maximum absolute atomic E-state index is 12.6. The van der Waals surface area contributed by atoms with E-state index in [9.17, 15) is 4.79 Å². The molecule has 0 aliphatic carbocycles. The second-order valence-corrected chi connectivity index (χ2v) is 5.46. The Kier molecular flexibility index (Phi) is 4.45. The Labute approximate surface area is 119 Å². The lowest BCUT2D eigenvalue weighted by molar-refractivity contribution is 0.0516. The lowest BCUT2D eigenvalue weighted by Crippen LogP contribution is -2.56. The molecule has 19 heavy (non-hydrogen) atoms. The summed E-state index contributed by atoms with van der Waals surface area (Å²) in [5.41, 5.74) is 7.28. The molecule has 1 saturated heterocycles. The monoisotopic (exact) mass is 281 g/mol. The summed E-state index contributed by atoms with van der Waals surface area (Å²) in [6, 6.07) is 5.61. The van der Waals surface area contributed by atoms with E-state index in [-0.39, 0.29) is 11.9 Å². The van der Waals surface area contributed by atoms with Gasteiger partial charge in [0.25, 0.3) is 5.91 Å². The Hall–Kier alpha value is -1.10. The van der Waals surface area contributed by atoms with Crippen LogP contribution in [0.3, 0.4) is 0 Å². The van der Waals surface area contributed by atoms with E-state index in [1.807, 2.05) is 31.0 Å². The summed E-state index contributed by atoms with van der Waals surface area (Å²) in [6.45, 7) is 4.75. The van der Waals surface area contributed by atoms with E-state index in [2.05, 4.69) is 4.90 Å². The van der Waals surface area contributed by atoms with Gasteiger partial charge >= 0.3 is 0 Å². The van der Waals surface area contributed by atoms with Crippen LogP contribution in [0.25, 0.3) is 0 Å². The van der Waals surface area contributed by atoms with Crippen LogP contribution in [0.4, 0.5) is 0 Å². The van der Waals surface area contributed by atoms with Crippen molar-refractivity contribution < 1.29 is 4.79 Å². The van der Waals surface area contributed by atoms with Gasteiger partial charge in [0.1, 0.15) is 0 Å². The molecule has 1 aromatic carbocycles. The van der Waals surface area contributed by atoms with Crippen molar-refractivity contribution in [3.63, 3.8) is 0 Å². The molecule has 0 aromatic heterocycles. The highest BCUT2D eigenvalue weighted by atomic mass is 35.5. The molecule has 1 heterocycles. The summed E-state index contributed by atoms with van der Waals surface area (Å²) in [7, 11) is 2.05. The summed E-state index contributed by atoms with van der Waals surface area (Å²) in [5.74, 6) is -0.0164. The van der Waals surface area contributed by atoms with Gasteiger partial charge in [-0.25, -0.2) is 0 Å². The number of nitrogens with zero attached hydrogens (tertiary/aromatic N) is 2. The number of aryl methyl sites for hydroxylation is 1. The SMILES string of the molecule is Cc1cccc(C(=O)N2CCN(C)CC2CN)c1Cl. The number of hydrogen-bond donors (Lipinski definition) is 1. The highest BCUT2D eigenvalue weighted by molar-refractivity contribution is 6.34. The summed E-state index contributed by atoms with van der Waals surface area (Å²) in [4.78, 5) is 16.7. The van der Waals surface area contributed by atoms with Gasteiger partial charge < -0.3 is 15.5 Å². The van der Waals surface area contributed by atoms with Crippen molar-refractivity contribution in [3.05, 3.63) is 34.3 Å². The van der Waals surface area contributed by atoms with Crippen LogP contribution < -0.4 is 5.73 Å². The van der Waals surface area contributed by atoms with E-state index in [1.165, 1.54) is 0 Å². The third-order valence-electron chi connectivity index (χ3n) is 3.64. The highest BCUT2D eigenvalue weighted by Gasteiger charge is 2.29. The second-order valence-electron chi connectivity index (χ2n) is 5.09. The number of carbonyl (C=O) groups is 1. The Morgan fingerprint density at radius 2 is 2.21 bits per heavy atom. The number of rotatable bonds is 2. The minimum atomic E-state index is -0.0164. The Balaban J connectivity index is 2.25. The smallest absolute Gasteiger partial charge is 0.255 e. The van der Waals surface area contributed by atoms with Crippen molar-refractivity contribution >= 4 is 17.5 Å². The van der Waals surface area contributed by atoms with Crippen LogP contribution in [-0.4, -0.2) is 55.0 Å². The van der Waals surface area contributed by atoms with Gasteiger partial charge in [-0.15, -0.1) is 0 Å². The standard InChI is InChI=1S/C14H20ClN3O/c1-10-4-3-5-12(13(10)15)14(19)18-7-6-17(2)9-11(18)8-16/h3-5,11H,6-9,16H2,1-2H3. The average molecular weight is 282 g/mol. The first-order valence-electron chi connectivity index (χ1n) is 6.49. The van der Waals surface area contributed by atoms with Gasteiger partial charge in [0.05, 0.1) is 16.6 Å². The summed E-state index contributed by atoms with van der Waals surface area (Å²) in [5, 5.41) is 0.544. The Bertz CT molecular complexity index is 478. The van der Waals surface area contributed by atoms with Crippen LogP contribution in [0, 0.1) is 6.92 Å². The van der Waals surface area contributed by atoms with Crippen LogP contribution in [0.15, 0.2) is 18.2 Å². The molecular formula is C14H20ClN3O. The maximum atomic E-state index is 12.6. The third kappa shape index (κ3) is 2.91. The van der Waals surface area contributed by atoms with Gasteiger partial charge in [-0.3, -0.25) is 4.79 Å². The first kappa shape index (κ1) is 14.3. The van der Waals surface area contributed by atoms with Crippen molar-refractivity contribution in [2.24, 2.45) is 5.73 Å². The average Bonchev–Trinajstić information content (AvgIpc) is 2.41. The van der Waals surface area contributed by atoms with Crippen LogP contribution in [0.5, 0.6) is 0 Å². The quantitative estimate of drug-likeness (QED) is 0.891. The summed E-state index contributed by atoms with van der Waals surface area (Å²) >= 11 is 6.24. The normalized spacial score (nSPS) is 20.6. The van der Waals surface area contributed by atoms with Crippen LogP contribution in [-0.2, 0) is 0 Å². The molecule has 2 rings (SSSR count). The molecule has 0 saturated carbocycles. The van der Waals surface area contributed by atoms with E-state index in [4.69, 9.17) is 17.3 Å². The lowest BCUT2D eigenvalue weighted by Gasteiger charge is -2.39. The van der Waals surface area contributed by atoms with Crippen LogP contribution in [0.2, 0.25) is 5.02 Å². The van der Waals surface area contributed by atoms with Gasteiger partial charge in [0.2, 0.25) is 0 Å². The molecule has 0 bridgehead atoms. The predicted molar refractivity (Wildman–Crippen MR) is 77.6 cm³/mol. The van der Waals surface area contributed by atoms with E-state index < -0.39 is 0 Å². The van der Waals surface area contributed by atoms with Gasteiger partial charge in [0, 0.05) is 26.2 Å². The fraction of sp³-hybridized carbons (Fsp3) is 0.500. The van der Waals surface area contributed by atoms with E-state index in [0.717, 1.165) is 18.7 Å². The van der Waals surface area contributed by atoms with Crippen molar-refractivity contribution in [2.45, 2.75) is 13.0 Å². The van der Waals surface area contributed by atoms with Gasteiger partial charge in [-0.05, 0) is 25.6 Å². The van der Waals surface area contributed by atoms with Crippen molar-refractivity contribution in [3.8, 4) is 0 Å². The van der Waals surface area contributed by atoms with Gasteiger partial charge in [-0.1, -0.05) is 23.7 Å². The number of benzene rings is 1. The Morgan fingerprint density at radius 3 is 2.89 bits per heavy atom. The number of carbonyl (C=O) groups excluding carboxylic acids is 1. The largest absolute Gasteiger partial charge is 0.332 e. The second kappa shape index (κ2) is 5.90. The molecule has 5 heteroatoms. The third-order valence-corrected chi connectivity index (χ3v) is 4.14. The molecule has 1 aromatic rings. The van der Waals surface area contributed by atoms with Crippen LogP contribution >= 0.6 is 11.6 Å². The molecule has 0 spiro atoms. The molecular weight excluding hydrogens is 262 g/mol. The van der Waals surface area contributed by atoms with Crippen molar-refractivity contribution in [2.75, 3.05) is 33.2 Å². The molecule has 1 aliphatic heterocycles. The minimum Gasteiger partial charge on any atom is -0.332 e. The van der Waals surface area contributed by atoms with Crippen molar-refractivity contribution in [1.82, 2.24) is 9.80 Å². The van der Waals surface area contributed by atoms with Crippen LogP contribution in [0.1, 0.15) is 15.9 Å². The zero-order valence-electron chi connectivity index (χ0n) is 11.4. The van der Waals surface area contributed by atoms with Gasteiger partial charge in [-0.2, -0.15) is 0 Å². The number of halogens is 1. The molecule has 4 nitrogen and oxygen atoms in total. The summed E-state index contributed by atoms with van der Waals surface area (Å²) < 4.78 is 0. The Morgan fingerprint density at radius 1 is 1.47 bits per heavy atom. The zero-order chi connectivity index (χ0) is 14.0. The number of piperazine rings is 1. The van der Waals surface area contributed by atoms with Crippen molar-refractivity contribution in [1.29, 1.82) is 0 Å². The van der Waals surface area contributed by atoms with Gasteiger partial charge in [0.15, 0.2) is 0 Å². The van der Waals surface area contributed by atoms with E-state index in [1.54, 1.807) is 6.07 Å². The molecule has 1 unspecified atom stereocenters. The zero-order valence-corrected chi connectivity index (χ0v) is 12.2. The fourth-order valence-electron chi connectivity index (χ4n) is 2.45. The van der Waals surface area contributed by atoms with E-state index in [0.29, 0.717) is 23.7 Å². The first-order chi connectivity index (χ1) is 9.04. The maximum Gasteiger partial charge on any atom is 0.255 e. The van der Waals surface area contributed by atoms with E-state index >= 15 is 0 Å². The minimum absolute atomic E-state index is 0.0164. The number of amides is 1. The number of hydrogen-bond acceptors (Lipinski definition) is 3. The molecule has 1 aliphatic rings. The summed E-state index contributed by atoms with van der Waals surface area (Å²) in [6.07, 6.45) is 0. The molecule has 1 atom stereocenters. The predicted octanol–water partition coefficient (Wildman–Crippen LogP) is 1.36. The lowest BCUT2D eigenvalue weighted by atomic mass is 10.1.